The van der Waals surface area contributed by atoms with Gasteiger partial charge in [-0.1, -0.05) is 48.6 Å². The first-order valence-corrected chi connectivity index (χ1v) is 22.0. The molecule has 4 aromatic heterocycles. The van der Waals surface area contributed by atoms with E-state index in [1.54, 1.807) is 56.4 Å². The van der Waals surface area contributed by atoms with Gasteiger partial charge in [0.1, 0.15) is 35.0 Å². The number of aromatic amines is 2. The predicted molar refractivity (Wildman–Crippen MR) is 261 cm³/mol. The van der Waals surface area contributed by atoms with Crippen molar-refractivity contribution in [3.63, 3.8) is 0 Å². The van der Waals surface area contributed by atoms with E-state index in [9.17, 15) is 33.9 Å². The molecule has 0 bridgehead atoms. The Morgan fingerprint density at radius 1 is 0.614 bits per heavy atom. The van der Waals surface area contributed by atoms with Crippen LogP contribution in [0, 0.1) is 0 Å². The lowest BCUT2D eigenvalue weighted by atomic mass is 10.0. The van der Waals surface area contributed by atoms with E-state index in [-0.39, 0.29) is 61.9 Å². The molecule has 22 heteroatoms. The highest BCUT2D eigenvalue weighted by Gasteiger charge is 2.25. The Balaban J connectivity index is 0.000000262. The molecule has 0 aliphatic carbocycles. The summed E-state index contributed by atoms with van der Waals surface area (Å²) in [6.45, 7) is 11.2. The molecule has 368 valence electrons. The fraction of sp³-hybridized carbons (Fsp3) is 0.292. The number of ether oxygens (including phenoxy) is 2. The number of hydrogen-bond acceptors (Lipinski definition) is 16. The van der Waals surface area contributed by atoms with Crippen LogP contribution in [0.2, 0.25) is 0 Å². The van der Waals surface area contributed by atoms with Gasteiger partial charge in [0, 0.05) is 23.5 Å². The second kappa shape index (κ2) is 24.3. The van der Waals surface area contributed by atoms with Crippen molar-refractivity contribution in [3.8, 4) is 0 Å². The summed E-state index contributed by atoms with van der Waals surface area (Å²) >= 11 is 0. The lowest BCUT2D eigenvalue weighted by molar-refractivity contribution is -0.146. The Kier molecular flexibility index (Phi) is 18.1. The van der Waals surface area contributed by atoms with E-state index >= 15 is 0 Å². The van der Waals surface area contributed by atoms with Crippen LogP contribution in [0.1, 0.15) is 82.5 Å². The van der Waals surface area contributed by atoms with Crippen LogP contribution >= 0.6 is 0 Å². The molecular weight excluding hydrogens is 905 g/mol. The number of benzene rings is 2. The second-order valence-electron chi connectivity index (χ2n) is 16.0. The van der Waals surface area contributed by atoms with Crippen molar-refractivity contribution in [2.24, 2.45) is 0 Å². The highest BCUT2D eigenvalue weighted by molar-refractivity contribution is 5.98. The number of carbonyl (C=O) groups excluding carboxylic acids is 4. The first-order chi connectivity index (χ1) is 33.3. The Morgan fingerprint density at radius 3 is 1.47 bits per heavy atom. The van der Waals surface area contributed by atoms with Gasteiger partial charge in [0.25, 0.3) is 11.8 Å². The van der Waals surface area contributed by atoms with Crippen molar-refractivity contribution in [2.45, 2.75) is 77.3 Å². The lowest BCUT2D eigenvalue weighted by Crippen LogP contribution is -2.42. The van der Waals surface area contributed by atoms with Crippen molar-refractivity contribution in [1.82, 2.24) is 40.5 Å². The minimum absolute atomic E-state index is 0.0457. The number of H-pyrrole nitrogens is 2. The fourth-order valence-electron chi connectivity index (χ4n) is 7.36. The largest absolute Gasteiger partial charge is 0.481 e. The number of aryl methyl sites for hydroxylation is 4. The third kappa shape index (κ3) is 14.6. The van der Waals surface area contributed by atoms with E-state index in [4.69, 9.17) is 37.5 Å². The molecule has 2 aromatic carbocycles. The number of aromatic nitrogens is 6. The van der Waals surface area contributed by atoms with Crippen LogP contribution in [-0.2, 0) is 54.3 Å². The molecule has 0 fully saturated rings. The topological polar surface area (TPSA) is 373 Å². The normalized spacial score (nSPS) is 11.7. The van der Waals surface area contributed by atoms with Crippen LogP contribution in [-0.4, -0.2) is 101 Å². The average molecular weight is 961 g/mol. The Morgan fingerprint density at radius 2 is 1.04 bits per heavy atom. The molecule has 0 aliphatic rings. The first kappa shape index (κ1) is 52.2. The van der Waals surface area contributed by atoms with Crippen LogP contribution < -0.4 is 33.6 Å². The molecular formula is C48H56N12O10. The number of carbonyl (C=O) groups is 6. The van der Waals surface area contributed by atoms with Crippen molar-refractivity contribution in [2.75, 3.05) is 36.1 Å². The summed E-state index contributed by atoms with van der Waals surface area (Å²) in [5, 5.41) is 24.7. The minimum atomic E-state index is -1.27. The van der Waals surface area contributed by atoms with Gasteiger partial charge in [0.05, 0.1) is 36.8 Å². The smallest absolute Gasteiger partial charge is 0.328 e. The molecule has 4 heterocycles. The van der Waals surface area contributed by atoms with Crippen molar-refractivity contribution in [1.29, 1.82) is 0 Å². The molecule has 6 aromatic rings. The highest BCUT2D eigenvalue weighted by Crippen LogP contribution is 2.26. The Hall–Kier alpha value is -8.82. The summed E-state index contributed by atoms with van der Waals surface area (Å²) in [5.41, 5.74) is 29.6. The number of rotatable bonds is 22. The van der Waals surface area contributed by atoms with Gasteiger partial charge >= 0.3 is 23.9 Å². The van der Waals surface area contributed by atoms with E-state index in [2.05, 4.69) is 53.7 Å². The number of aliphatic carboxylic acids is 2. The summed E-state index contributed by atoms with van der Waals surface area (Å²) in [4.78, 5) is 94.0. The minimum Gasteiger partial charge on any atom is -0.481 e. The molecule has 0 radical (unpaired) electrons. The number of hydrogen-bond donors (Lipinski definition) is 10. The van der Waals surface area contributed by atoms with E-state index < -0.39 is 47.8 Å². The average Bonchev–Trinajstić information content (AvgIpc) is 3.91. The predicted octanol–water partition coefficient (Wildman–Crippen LogP) is 3.98. The number of fused-ring (bicyclic) bond motifs is 2. The summed E-state index contributed by atoms with van der Waals surface area (Å²) in [5.74, 6) is -3.59. The SMILES string of the molecule is C=C(CC(=O)O)CC(NC(=O)c1ccc(CCc2c[nH]c3nc(N)nc(N)c23)cc1)C(=O)O.C=C(CC(=O)OCC)CC(NC(=O)c1ccc(CCc2c[nH]c3nc(N)nc(N)c23)cc1)C(=O)OCC. The van der Waals surface area contributed by atoms with E-state index in [0.29, 0.717) is 59.7 Å². The van der Waals surface area contributed by atoms with Gasteiger partial charge in [0.2, 0.25) is 11.9 Å². The number of carboxylic acid groups (broad SMARTS) is 2. The Labute approximate surface area is 401 Å². The van der Waals surface area contributed by atoms with Crippen molar-refractivity contribution >= 4 is 81.3 Å². The van der Waals surface area contributed by atoms with Gasteiger partial charge < -0.3 is 63.2 Å². The third-order valence-electron chi connectivity index (χ3n) is 10.7. The number of carboxylic acids is 2. The number of anilines is 4. The second-order valence-corrected chi connectivity index (χ2v) is 16.0. The van der Waals surface area contributed by atoms with Gasteiger partial charge in [-0.3, -0.25) is 19.2 Å². The number of esters is 2. The van der Waals surface area contributed by atoms with Crippen LogP contribution in [0.15, 0.2) is 85.2 Å². The van der Waals surface area contributed by atoms with E-state index in [1.165, 1.54) is 0 Å². The maximum Gasteiger partial charge on any atom is 0.328 e. The zero-order valence-corrected chi connectivity index (χ0v) is 38.7. The molecule has 22 nitrogen and oxygen atoms in total. The summed E-state index contributed by atoms with van der Waals surface area (Å²) in [6.07, 6.45) is 5.80. The molecule has 6 rings (SSSR count). The van der Waals surface area contributed by atoms with Crippen molar-refractivity contribution in [3.05, 3.63) is 119 Å². The number of nitrogens with two attached hydrogens (primary N) is 4. The van der Waals surface area contributed by atoms with Gasteiger partial charge in [0.15, 0.2) is 0 Å². The summed E-state index contributed by atoms with van der Waals surface area (Å²) in [6, 6.07) is 11.6. The molecule has 2 unspecified atom stereocenters. The summed E-state index contributed by atoms with van der Waals surface area (Å²) < 4.78 is 10.0. The van der Waals surface area contributed by atoms with Crippen molar-refractivity contribution < 1.29 is 48.5 Å². The maximum atomic E-state index is 12.9. The van der Waals surface area contributed by atoms with Crippen LogP contribution in [0.25, 0.3) is 22.1 Å². The van der Waals surface area contributed by atoms with Gasteiger partial charge in [-0.15, -0.1) is 0 Å². The molecule has 0 saturated heterocycles. The van der Waals surface area contributed by atoms with Gasteiger partial charge in [-0.05, 0) is 98.9 Å². The molecule has 2 amide bonds. The fourth-order valence-corrected chi connectivity index (χ4v) is 7.36. The monoisotopic (exact) mass is 960 g/mol. The van der Waals surface area contributed by atoms with Gasteiger partial charge in [-0.25, -0.2) is 9.59 Å². The van der Waals surface area contributed by atoms with E-state index in [0.717, 1.165) is 33.0 Å². The molecule has 0 aliphatic heterocycles. The highest BCUT2D eigenvalue weighted by atomic mass is 16.5. The number of nitrogens with one attached hydrogen (secondary N) is 4. The zero-order valence-electron chi connectivity index (χ0n) is 38.7. The molecule has 2 atom stereocenters. The number of nitrogen functional groups attached to an aromatic ring is 4. The molecule has 0 saturated carbocycles. The molecule has 0 spiro atoms. The zero-order chi connectivity index (χ0) is 51.1. The summed E-state index contributed by atoms with van der Waals surface area (Å²) in [7, 11) is 0. The molecule has 70 heavy (non-hydrogen) atoms. The van der Waals surface area contributed by atoms with Crippen LogP contribution in [0.4, 0.5) is 23.5 Å². The Bertz CT molecular complexity index is 2890. The number of amides is 2. The quantitative estimate of drug-likeness (QED) is 0.0340. The van der Waals surface area contributed by atoms with Crippen LogP contribution in [0.5, 0.6) is 0 Å². The van der Waals surface area contributed by atoms with E-state index in [1.807, 2.05) is 18.3 Å². The third-order valence-corrected chi connectivity index (χ3v) is 10.7. The molecule has 14 N–H and O–H groups in total. The first-order valence-electron chi connectivity index (χ1n) is 22.0. The number of nitrogens with zero attached hydrogens (tertiary/aromatic N) is 4. The van der Waals surface area contributed by atoms with Gasteiger partial charge in [-0.2, -0.15) is 19.9 Å². The lowest BCUT2D eigenvalue weighted by Gasteiger charge is -2.18. The standard InChI is InChI=1S/C26H32N6O5.C22H24N6O5/c1-4-36-20(33)13-15(3)12-19(25(35)37-5-2)30-24(34)17-9-6-16(7-10-17)8-11-18-14-29-23-21(18)22(27)31-26(28)32-23;1-11(9-16(29)30)8-15(21(32)33)26-20(31)13-5-2-12(3-6-13)4-7-14-10-25-19-17(14)18(23)27-22(24)28-19/h6-7,9-10,14,19H,3-5,8,11-13H2,1-2H3,(H,30,34)(H5,27,28,29,31,32);2-3,5-6,10,15H,1,4,7-9H2,(H,26,31)(H,29,30)(H,32,33)(H5,23,24,25,27,28). The maximum absolute atomic E-state index is 12.9. The van der Waals surface area contributed by atoms with Crippen LogP contribution in [0.3, 0.4) is 0 Å².